The molecule has 142 valence electrons. The Morgan fingerprint density at radius 2 is 1.93 bits per heavy atom. The number of aromatic nitrogens is 1. The van der Waals surface area contributed by atoms with Crippen LogP contribution in [0.3, 0.4) is 0 Å². The minimum atomic E-state index is -0.393. The van der Waals surface area contributed by atoms with Crippen LogP contribution in [0, 0.1) is 6.92 Å². The molecular formula is C23H21NO4. The zero-order chi connectivity index (χ0) is 19.7. The Balaban J connectivity index is 1.97. The number of hydrogen-bond acceptors (Lipinski definition) is 4. The van der Waals surface area contributed by atoms with Crippen LogP contribution in [0.1, 0.15) is 28.7 Å². The van der Waals surface area contributed by atoms with Crippen LogP contribution in [-0.2, 0) is 11.3 Å². The highest BCUT2D eigenvalue weighted by atomic mass is 16.5. The van der Waals surface area contributed by atoms with Gasteiger partial charge >= 0.3 is 5.97 Å². The molecule has 0 fully saturated rings. The van der Waals surface area contributed by atoms with E-state index in [4.69, 9.17) is 9.15 Å². The zero-order valence-corrected chi connectivity index (χ0v) is 15.8. The minimum Gasteiger partial charge on any atom is -0.507 e. The lowest BCUT2D eigenvalue weighted by Crippen LogP contribution is -2.08. The van der Waals surface area contributed by atoms with Gasteiger partial charge < -0.3 is 18.8 Å². The standard InChI is InChI=1S/C23H21NO4/c1-3-27-23(26)22-15(2)24(14-17-10-7-11-28-17)20-12-18(21(25)13-19(20)22)16-8-5-4-6-9-16/h4-13,25H,3,14H2,1-2H3. The van der Waals surface area contributed by atoms with Crippen molar-refractivity contribution >= 4 is 16.9 Å². The fourth-order valence-corrected chi connectivity index (χ4v) is 3.58. The molecule has 5 heteroatoms. The first-order valence-corrected chi connectivity index (χ1v) is 9.21. The molecule has 28 heavy (non-hydrogen) atoms. The average Bonchev–Trinajstić information content (AvgIpc) is 3.29. The van der Waals surface area contributed by atoms with Gasteiger partial charge in [0.05, 0.1) is 30.5 Å². The zero-order valence-electron chi connectivity index (χ0n) is 15.8. The highest BCUT2D eigenvalue weighted by molar-refractivity contribution is 6.07. The molecule has 0 spiro atoms. The number of furan rings is 1. The average molecular weight is 375 g/mol. The fraction of sp³-hybridized carbons (Fsp3) is 0.174. The largest absolute Gasteiger partial charge is 0.507 e. The van der Waals surface area contributed by atoms with Gasteiger partial charge in [0, 0.05) is 16.6 Å². The number of benzene rings is 2. The van der Waals surface area contributed by atoms with Crippen LogP contribution in [0.15, 0.2) is 65.3 Å². The van der Waals surface area contributed by atoms with E-state index >= 15 is 0 Å². The Morgan fingerprint density at radius 1 is 1.14 bits per heavy atom. The molecule has 0 saturated heterocycles. The predicted molar refractivity (Wildman–Crippen MR) is 108 cm³/mol. The van der Waals surface area contributed by atoms with E-state index in [1.807, 2.05) is 60.0 Å². The van der Waals surface area contributed by atoms with E-state index < -0.39 is 5.97 Å². The summed E-state index contributed by atoms with van der Waals surface area (Å²) < 4.78 is 12.8. The summed E-state index contributed by atoms with van der Waals surface area (Å²) in [6.07, 6.45) is 1.63. The number of hydrogen-bond donors (Lipinski definition) is 1. The number of nitrogens with zero attached hydrogens (tertiary/aromatic N) is 1. The Morgan fingerprint density at radius 3 is 2.61 bits per heavy atom. The summed E-state index contributed by atoms with van der Waals surface area (Å²) in [5.74, 6) is 0.513. The van der Waals surface area contributed by atoms with Crippen LogP contribution in [0.2, 0.25) is 0 Å². The van der Waals surface area contributed by atoms with Gasteiger partial charge in [0.15, 0.2) is 0 Å². The molecule has 2 heterocycles. The summed E-state index contributed by atoms with van der Waals surface area (Å²) in [5, 5.41) is 11.3. The number of aromatic hydroxyl groups is 1. The van der Waals surface area contributed by atoms with Crippen LogP contribution in [0.5, 0.6) is 5.75 Å². The smallest absolute Gasteiger partial charge is 0.340 e. The number of esters is 1. The molecule has 5 nitrogen and oxygen atoms in total. The Bertz CT molecular complexity index is 1120. The van der Waals surface area contributed by atoms with Crippen molar-refractivity contribution in [2.45, 2.75) is 20.4 Å². The Hall–Kier alpha value is -3.47. The molecule has 0 saturated carbocycles. The van der Waals surface area contributed by atoms with Crippen molar-refractivity contribution in [3.8, 4) is 16.9 Å². The molecular weight excluding hydrogens is 354 g/mol. The van der Waals surface area contributed by atoms with Crippen molar-refractivity contribution in [1.82, 2.24) is 4.57 Å². The summed E-state index contributed by atoms with van der Waals surface area (Å²) in [5.41, 5.74) is 3.70. The molecule has 0 radical (unpaired) electrons. The van der Waals surface area contributed by atoms with Crippen molar-refractivity contribution in [3.05, 3.63) is 77.9 Å². The molecule has 2 aromatic heterocycles. The van der Waals surface area contributed by atoms with Crippen molar-refractivity contribution in [3.63, 3.8) is 0 Å². The molecule has 0 atom stereocenters. The summed E-state index contributed by atoms with van der Waals surface area (Å²) in [6.45, 7) is 4.43. The second kappa shape index (κ2) is 7.27. The number of fused-ring (bicyclic) bond motifs is 1. The highest BCUT2D eigenvalue weighted by Crippen LogP contribution is 2.37. The van der Waals surface area contributed by atoms with Gasteiger partial charge in [-0.25, -0.2) is 4.79 Å². The first-order valence-electron chi connectivity index (χ1n) is 9.21. The van der Waals surface area contributed by atoms with Crippen LogP contribution in [-0.4, -0.2) is 22.2 Å². The van der Waals surface area contributed by atoms with E-state index in [0.29, 0.717) is 23.1 Å². The molecule has 0 amide bonds. The number of phenols is 1. The summed E-state index contributed by atoms with van der Waals surface area (Å²) >= 11 is 0. The van der Waals surface area contributed by atoms with E-state index in [-0.39, 0.29) is 12.4 Å². The van der Waals surface area contributed by atoms with Crippen LogP contribution in [0.25, 0.3) is 22.0 Å². The minimum absolute atomic E-state index is 0.124. The van der Waals surface area contributed by atoms with Gasteiger partial charge in [-0.3, -0.25) is 0 Å². The van der Waals surface area contributed by atoms with E-state index in [2.05, 4.69) is 0 Å². The Labute approximate surface area is 162 Å². The Kier molecular flexibility index (Phi) is 4.65. The van der Waals surface area contributed by atoms with Gasteiger partial charge in [-0.1, -0.05) is 30.3 Å². The second-order valence-corrected chi connectivity index (χ2v) is 6.60. The van der Waals surface area contributed by atoms with E-state index in [9.17, 15) is 9.90 Å². The SMILES string of the molecule is CCOC(=O)c1c(C)n(Cc2ccco2)c2cc(-c3ccccc3)c(O)cc12. The lowest BCUT2D eigenvalue weighted by molar-refractivity contribution is 0.0527. The third kappa shape index (κ3) is 3.05. The molecule has 1 N–H and O–H groups in total. The van der Waals surface area contributed by atoms with Gasteiger partial charge in [0.1, 0.15) is 11.5 Å². The third-order valence-electron chi connectivity index (χ3n) is 4.90. The predicted octanol–water partition coefficient (Wildman–Crippen LogP) is 5.14. The van der Waals surface area contributed by atoms with Gasteiger partial charge in [0.2, 0.25) is 0 Å². The maximum Gasteiger partial charge on any atom is 0.340 e. The number of carbonyl (C=O) groups is 1. The maximum absolute atomic E-state index is 12.6. The molecule has 0 aliphatic heterocycles. The van der Waals surface area contributed by atoms with E-state index in [1.165, 1.54) is 0 Å². The highest BCUT2D eigenvalue weighted by Gasteiger charge is 2.23. The molecule has 4 aromatic rings. The van der Waals surface area contributed by atoms with E-state index in [1.54, 1.807) is 19.3 Å². The lowest BCUT2D eigenvalue weighted by atomic mass is 10.0. The summed E-state index contributed by atoms with van der Waals surface area (Å²) in [7, 11) is 0. The molecule has 0 unspecified atom stereocenters. The second-order valence-electron chi connectivity index (χ2n) is 6.60. The topological polar surface area (TPSA) is 64.6 Å². The lowest BCUT2D eigenvalue weighted by Gasteiger charge is -2.09. The van der Waals surface area contributed by atoms with Crippen molar-refractivity contribution < 1.29 is 19.1 Å². The van der Waals surface area contributed by atoms with Gasteiger partial charge in [-0.05, 0) is 43.7 Å². The normalized spacial score (nSPS) is 11.1. The van der Waals surface area contributed by atoms with E-state index in [0.717, 1.165) is 22.5 Å². The molecule has 2 aromatic carbocycles. The van der Waals surface area contributed by atoms with Crippen LogP contribution in [0.4, 0.5) is 0 Å². The van der Waals surface area contributed by atoms with Crippen molar-refractivity contribution in [2.24, 2.45) is 0 Å². The maximum atomic E-state index is 12.6. The first-order chi connectivity index (χ1) is 13.6. The monoisotopic (exact) mass is 375 g/mol. The first kappa shape index (κ1) is 17.9. The number of carbonyl (C=O) groups excluding carboxylic acids is 1. The van der Waals surface area contributed by atoms with Crippen LogP contribution < -0.4 is 0 Å². The van der Waals surface area contributed by atoms with Gasteiger partial charge in [-0.15, -0.1) is 0 Å². The number of rotatable bonds is 5. The van der Waals surface area contributed by atoms with Crippen LogP contribution >= 0.6 is 0 Å². The molecule has 0 bridgehead atoms. The van der Waals surface area contributed by atoms with Crippen molar-refractivity contribution in [2.75, 3.05) is 6.61 Å². The summed E-state index contributed by atoms with van der Waals surface area (Å²) in [6, 6.07) is 17.0. The van der Waals surface area contributed by atoms with Gasteiger partial charge in [-0.2, -0.15) is 0 Å². The summed E-state index contributed by atoms with van der Waals surface area (Å²) in [4.78, 5) is 12.6. The van der Waals surface area contributed by atoms with Crippen molar-refractivity contribution in [1.29, 1.82) is 0 Å². The molecule has 0 aliphatic carbocycles. The quantitative estimate of drug-likeness (QED) is 0.491. The number of ether oxygens (including phenoxy) is 1. The third-order valence-corrected chi connectivity index (χ3v) is 4.90. The fourth-order valence-electron chi connectivity index (χ4n) is 3.58. The molecule has 0 aliphatic rings. The number of phenolic OH excluding ortho intramolecular Hbond substituents is 1. The molecule has 4 rings (SSSR count). The van der Waals surface area contributed by atoms with Gasteiger partial charge in [0.25, 0.3) is 0 Å².